The zero-order valence-electron chi connectivity index (χ0n) is 13.4. The molecule has 2 rings (SSSR count). The summed E-state index contributed by atoms with van der Waals surface area (Å²) in [6.45, 7) is 3.83. The molecule has 0 spiro atoms. The van der Waals surface area contributed by atoms with Crippen molar-refractivity contribution in [3.63, 3.8) is 0 Å². The lowest BCUT2D eigenvalue weighted by molar-refractivity contribution is -0.122. The number of anilines is 1. The van der Waals surface area contributed by atoms with Crippen LogP contribution in [0.1, 0.15) is 18.9 Å². The van der Waals surface area contributed by atoms with E-state index in [1.807, 2.05) is 44.2 Å². The lowest BCUT2D eigenvalue weighted by atomic mass is 10.2. The monoisotopic (exact) mass is 333 g/mol. The molecule has 0 saturated heterocycles. The van der Waals surface area contributed by atoms with E-state index < -0.39 is 6.10 Å². The number of carbonyl (C=O) groups is 1. The summed E-state index contributed by atoms with van der Waals surface area (Å²) >= 11 is 6.08. The first-order valence-electron chi connectivity index (χ1n) is 7.41. The Balaban J connectivity index is 2.15. The highest BCUT2D eigenvalue weighted by Gasteiger charge is 2.20. The molecule has 1 N–H and O–H groups in total. The number of amides is 1. The summed E-state index contributed by atoms with van der Waals surface area (Å²) in [5.41, 5.74) is 1.65. The van der Waals surface area contributed by atoms with E-state index in [1.165, 1.54) is 0 Å². The minimum atomic E-state index is -0.639. The van der Waals surface area contributed by atoms with Gasteiger partial charge in [0.15, 0.2) is 6.10 Å². The topological polar surface area (TPSA) is 47.6 Å². The fourth-order valence-electron chi connectivity index (χ4n) is 2.15. The number of benzene rings is 2. The average Bonchev–Trinajstić information content (AvgIpc) is 2.54. The highest BCUT2D eigenvalue weighted by atomic mass is 35.5. The van der Waals surface area contributed by atoms with Crippen molar-refractivity contribution in [2.24, 2.45) is 0 Å². The molecule has 0 aliphatic heterocycles. The molecular formula is C18H20ClNO3. The Bertz CT molecular complexity index is 688. The van der Waals surface area contributed by atoms with Gasteiger partial charge in [-0.05, 0) is 43.2 Å². The zero-order valence-corrected chi connectivity index (χ0v) is 14.2. The molecule has 2 aromatic rings. The van der Waals surface area contributed by atoms with Crippen LogP contribution in [0.15, 0.2) is 42.5 Å². The second kappa shape index (κ2) is 7.88. The summed E-state index contributed by atoms with van der Waals surface area (Å²) in [5.74, 6) is 0.861. The van der Waals surface area contributed by atoms with E-state index in [-0.39, 0.29) is 5.91 Å². The maximum atomic E-state index is 12.5. The van der Waals surface area contributed by atoms with Crippen molar-refractivity contribution in [1.29, 1.82) is 0 Å². The van der Waals surface area contributed by atoms with Crippen LogP contribution in [-0.4, -0.2) is 19.1 Å². The van der Waals surface area contributed by atoms with Crippen molar-refractivity contribution >= 4 is 23.2 Å². The van der Waals surface area contributed by atoms with Crippen LogP contribution in [0.2, 0.25) is 5.02 Å². The molecule has 0 heterocycles. The molecule has 2 aromatic carbocycles. The highest BCUT2D eigenvalue weighted by molar-refractivity contribution is 6.32. The number of aryl methyl sites for hydroxylation is 1. The van der Waals surface area contributed by atoms with Gasteiger partial charge in [-0.15, -0.1) is 0 Å². The molecule has 122 valence electrons. The molecule has 1 amide bonds. The number of methoxy groups -OCH3 is 1. The maximum absolute atomic E-state index is 12.5. The third-order valence-electron chi connectivity index (χ3n) is 3.38. The third-order valence-corrected chi connectivity index (χ3v) is 3.69. The summed E-state index contributed by atoms with van der Waals surface area (Å²) in [4.78, 5) is 12.5. The standard InChI is InChI=1S/C18H20ClNO3/c1-4-15(23-16-8-6-5-7-13(16)19)18(21)20-14-11-12(2)9-10-17(14)22-3/h5-11,15H,4H2,1-3H3,(H,20,21)/t15-/m0/s1. The van der Waals surface area contributed by atoms with Crippen LogP contribution < -0.4 is 14.8 Å². The van der Waals surface area contributed by atoms with Crippen molar-refractivity contribution in [3.05, 3.63) is 53.1 Å². The van der Waals surface area contributed by atoms with E-state index in [1.54, 1.807) is 19.2 Å². The Morgan fingerprint density at radius 3 is 2.61 bits per heavy atom. The van der Waals surface area contributed by atoms with E-state index in [2.05, 4.69) is 5.32 Å². The lowest BCUT2D eigenvalue weighted by Gasteiger charge is -2.19. The zero-order chi connectivity index (χ0) is 16.8. The van der Waals surface area contributed by atoms with Gasteiger partial charge in [-0.25, -0.2) is 0 Å². The van der Waals surface area contributed by atoms with Gasteiger partial charge in [0.25, 0.3) is 5.91 Å². The van der Waals surface area contributed by atoms with Gasteiger partial charge in [-0.1, -0.05) is 36.7 Å². The first-order valence-corrected chi connectivity index (χ1v) is 7.79. The molecule has 0 aliphatic rings. The number of ether oxygens (including phenoxy) is 2. The molecule has 0 bridgehead atoms. The minimum Gasteiger partial charge on any atom is -0.495 e. The number of para-hydroxylation sites is 1. The summed E-state index contributed by atoms with van der Waals surface area (Å²) in [7, 11) is 1.57. The van der Waals surface area contributed by atoms with E-state index in [0.29, 0.717) is 28.6 Å². The van der Waals surface area contributed by atoms with Crippen molar-refractivity contribution in [3.8, 4) is 11.5 Å². The molecule has 4 nitrogen and oxygen atoms in total. The second-order valence-electron chi connectivity index (χ2n) is 5.14. The van der Waals surface area contributed by atoms with Crippen LogP contribution in [0, 0.1) is 6.92 Å². The Hall–Kier alpha value is -2.20. The van der Waals surface area contributed by atoms with Gasteiger partial charge in [0.05, 0.1) is 17.8 Å². The quantitative estimate of drug-likeness (QED) is 0.849. The number of halogens is 1. The SMILES string of the molecule is CC[C@H](Oc1ccccc1Cl)C(=O)Nc1cc(C)ccc1OC. The molecule has 5 heteroatoms. The van der Waals surface area contributed by atoms with Crippen molar-refractivity contribution in [2.45, 2.75) is 26.4 Å². The summed E-state index contributed by atoms with van der Waals surface area (Å²) in [6.07, 6.45) is -0.120. The molecule has 0 unspecified atom stereocenters. The Labute approximate surface area is 141 Å². The Morgan fingerprint density at radius 2 is 1.96 bits per heavy atom. The van der Waals surface area contributed by atoms with Crippen molar-refractivity contribution < 1.29 is 14.3 Å². The molecule has 0 saturated carbocycles. The first kappa shape index (κ1) is 17.2. The van der Waals surface area contributed by atoms with E-state index in [0.717, 1.165) is 5.56 Å². The van der Waals surface area contributed by atoms with Crippen LogP contribution in [0.4, 0.5) is 5.69 Å². The van der Waals surface area contributed by atoms with Crippen LogP contribution in [0.5, 0.6) is 11.5 Å². The number of rotatable bonds is 6. The van der Waals surface area contributed by atoms with Crippen LogP contribution in [0.25, 0.3) is 0 Å². The van der Waals surface area contributed by atoms with E-state index in [9.17, 15) is 4.79 Å². The van der Waals surface area contributed by atoms with Crippen LogP contribution in [-0.2, 0) is 4.79 Å². The molecule has 0 fully saturated rings. The highest BCUT2D eigenvalue weighted by Crippen LogP contribution is 2.27. The molecule has 23 heavy (non-hydrogen) atoms. The summed E-state index contributed by atoms with van der Waals surface area (Å²) < 4.78 is 11.0. The lowest BCUT2D eigenvalue weighted by Crippen LogP contribution is -2.32. The number of carbonyl (C=O) groups excluding carboxylic acids is 1. The van der Waals surface area contributed by atoms with E-state index in [4.69, 9.17) is 21.1 Å². The van der Waals surface area contributed by atoms with Crippen molar-refractivity contribution in [2.75, 3.05) is 12.4 Å². The largest absolute Gasteiger partial charge is 0.495 e. The van der Waals surface area contributed by atoms with Crippen LogP contribution >= 0.6 is 11.6 Å². The molecular weight excluding hydrogens is 314 g/mol. The summed E-state index contributed by atoms with van der Waals surface area (Å²) in [5, 5.41) is 3.34. The van der Waals surface area contributed by atoms with Crippen LogP contribution in [0.3, 0.4) is 0 Å². The predicted molar refractivity (Wildman–Crippen MR) is 92.5 cm³/mol. The average molecular weight is 334 g/mol. The number of hydrogen-bond acceptors (Lipinski definition) is 3. The first-order chi connectivity index (χ1) is 11.0. The predicted octanol–water partition coefficient (Wildman–Crippen LogP) is 4.45. The van der Waals surface area contributed by atoms with Crippen molar-refractivity contribution in [1.82, 2.24) is 0 Å². The molecule has 0 aliphatic carbocycles. The number of hydrogen-bond donors (Lipinski definition) is 1. The maximum Gasteiger partial charge on any atom is 0.265 e. The Kier molecular flexibility index (Phi) is 5.88. The molecule has 0 radical (unpaired) electrons. The van der Waals surface area contributed by atoms with Gasteiger partial charge >= 0.3 is 0 Å². The fraction of sp³-hybridized carbons (Fsp3) is 0.278. The molecule has 0 aromatic heterocycles. The normalized spacial score (nSPS) is 11.7. The van der Waals surface area contributed by atoms with Gasteiger partial charge in [0, 0.05) is 0 Å². The number of nitrogens with one attached hydrogen (secondary N) is 1. The van der Waals surface area contributed by atoms with E-state index >= 15 is 0 Å². The van der Waals surface area contributed by atoms with Gasteiger partial charge < -0.3 is 14.8 Å². The summed E-state index contributed by atoms with van der Waals surface area (Å²) in [6, 6.07) is 12.7. The third kappa shape index (κ3) is 4.39. The van der Waals surface area contributed by atoms with Gasteiger partial charge in [-0.3, -0.25) is 4.79 Å². The fourth-order valence-corrected chi connectivity index (χ4v) is 2.33. The Morgan fingerprint density at radius 1 is 1.22 bits per heavy atom. The molecule has 1 atom stereocenters. The smallest absolute Gasteiger partial charge is 0.265 e. The van der Waals surface area contributed by atoms with Gasteiger partial charge in [0.1, 0.15) is 11.5 Å². The minimum absolute atomic E-state index is 0.240. The van der Waals surface area contributed by atoms with Gasteiger partial charge in [-0.2, -0.15) is 0 Å². The van der Waals surface area contributed by atoms with Gasteiger partial charge in [0.2, 0.25) is 0 Å². The second-order valence-corrected chi connectivity index (χ2v) is 5.55.